The van der Waals surface area contributed by atoms with Crippen LogP contribution in [0.25, 0.3) is 0 Å². The largest absolute Gasteiger partial charge is 0.370 e. The van der Waals surface area contributed by atoms with Crippen LogP contribution < -0.4 is 11.5 Å². The first-order valence-corrected chi connectivity index (χ1v) is 7.93. The molecule has 120 valence electrons. The Morgan fingerprint density at radius 2 is 1.91 bits per heavy atom. The summed E-state index contributed by atoms with van der Waals surface area (Å²) in [4.78, 5) is 25.7. The van der Waals surface area contributed by atoms with Crippen molar-refractivity contribution in [3.05, 3.63) is 35.9 Å². The zero-order chi connectivity index (χ0) is 15.9. The molecule has 0 heterocycles. The predicted octanol–water partition coefficient (Wildman–Crippen LogP) is 1.27. The molecule has 5 heteroatoms. The fourth-order valence-corrected chi connectivity index (χ4v) is 3.19. The maximum atomic E-state index is 12.8. The molecule has 1 saturated carbocycles. The van der Waals surface area contributed by atoms with Gasteiger partial charge in [-0.3, -0.25) is 9.59 Å². The molecule has 1 aromatic rings. The summed E-state index contributed by atoms with van der Waals surface area (Å²) in [6.45, 7) is 1.43. The van der Waals surface area contributed by atoms with E-state index in [0.717, 1.165) is 24.8 Å². The van der Waals surface area contributed by atoms with E-state index in [0.29, 0.717) is 19.6 Å². The van der Waals surface area contributed by atoms with Gasteiger partial charge in [-0.05, 0) is 30.9 Å². The maximum absolute atomic E-state index is 12.8. The van der Waals surface area contributed by atoms with Gasteiger partial charge in [0, 0.05) is 25.4 Å². The highest BCUT2D eigenvalue weighted by Gasteiger charge is 2.34. The SMILES string of the molecule is NC[C@H]1CCC[C@H]1C(=O)N(CCC(N)=O)Cc1ccccc1. The van der Waals surface area contributed by atoms with E-state index in [2.05, 4.69) is 0 Å². The van der Waals surface area contributed by atoms with Crippen LogP contribution in [0.4, 0.5) is 0 Å². The summed E-state index contributed by atoms with van der Waals surface area (Å²) >= 11 is 0. The summed E-state index contributed by atoms with van der Waals surface area (Å²) in [5, 5.41) is 0. The van der Waals surface area contributed by atoms with E-state index in [1.54, 1.807) is 4.90 Å². The highest BCUT2D eigenvalue weighted by Crippen LogP contribution is 2.32. The molecule has 0 unspecified atom stereocenters. The van der Waals surface area contributed by atoms with Crippen LogP contribution in [0.3, 0.4) is 0 Å². The van der Waals surface area contributed by atoms with Crippen molar-refractivity contribution in [3.63, 3.8) is 0 Å². The van der Waals surface area contributed by atoms with E-state index in [1.165, 1.54) is 0 Å². The molecular formula is C17H25N3O2. The number of primary amides is 1. The first-order chi connectivity index (χ1) is 10.6. The molecule has 0 spiro atoms. The van der Waals surface area contributed by atoms with Gasteiger partial charge in [0.1, 0.15) is 0 Å². The third kappa shape index (κ3) is 4.31. The summed E-state index contributed by atoms with van der Waals surface area (Å²) < 4.78 is 0. The van der Waals surface area contributed by atoms with E-state index in [4.69, 9.17) is 11.5 Å². The summed E-state index contributed by atoms with van der Waals surface area (Å²) in [6, 6.07) is 9.81. The van der Waals surface area contributed by atoms with Gasteiger partial charge in [-0.2, -0.15) is 0 Å². The van der Waals surface area contributed by atoms with Crippen molar-refractivity contribution in [1.82, 2.24) is 4.90 Å². The number of hydrogen-bond acceptors (Lipinski definition) is 3. The second kappa shape index (κ2) is 7.94. The smallest absolute Gasteiger partial charge is 0.226 e. The summed E-state index contributed by atoms with van der Waals surface area (Å²) in [6.07, 6.45) is 3.15. The first-order valence-electron chi connectivity index (χ1n) is 7.93. The Balaban J connectivity index is 2.08. The third-order valence-corrected chi connectivity index (χ3v) is 4.44. The van der Waals surface area contributed by atoms with Crippen molar-refractivity contribution >= 4 is 11.8 Å². The molecule has 0 radical (unpaired) electrons. The second-order valence-electron chi connectivity index (χ2n) is 5.99. The third-order valence-electron chi connectivity index (χ3n) is 4.44. The van der Waals surface area contributed by atoms with Gasteiger partial charge in [0.25, 0.3) is 0 Å². The van der Waals surface area contributed by atoms with Crippen LogP contribution in [0.1, 0.15) is 31.2 Å². The zero-order valence-corrected chi connectivity index (χ0v) is 12.9. The molecule has 0 aromatic heterocycles. The van der Waals surface area contributed by atoms with Gasteiger partial charge in [-0.25, -0.2) is 0 Å². The fourth-order valence-electron chi connectivity index (χ4n) is 3.19. The van der Waals surface area contributed by atoms with Gasteiger partial charge in [0.2, 0.25) is 11.8 Å². The van der Waals surface area contributed by atoms with Crippen LogP contribution in [0.5, 0.6) is 0 Å². The Morgan fingerprint density at radius 3 is 2.55 bits per heavy atom. The summed E-state index contributed by atoms with van der Waals surface area (Å²) in [5.74, 6) is -0.0216. The number of amides is 2. The average molecular weight is 303 g/mol. The van der Waals surface area contributed by atoms with Gasteiger partial charge in [0.05, 0.1) is 0 Å². The summed E-state index contributed by atoms with van der Waals surface area (Å²) in [7, 11) is 0. The van der Waals surface area contributed by atoms with Crippen molar-refractivity contribution in [2.75, 3.05) is 13.1 Å². The lowest BCUT2D eigenvalue weighted by Gasteiger charge is -2.28. The molecule has 22 heavy (non-hydrogen) atoms. The first kappa shape index (κ1) is 16.5. The van der Waals surface area contributed by atoms with Crippen LogP contribution in [-0.2, 0) is 16.1 Å². The topological polar surface area (TPSA) is 89.4 Å². The molecule has 0 aliphatic heterocycles. The Kier molecular flexibility index (Phi) is 5.95. The number of carbonyl (C=O) groups excluding carboxylic acids is 2. The number of benzene rings is 1. The number of nitrogens with zero attached hydrogens (tertiary/aromatic N) is 1. The van der Waals surface area contributed by atoms with Gasteiger partial charge in [-0.1, -0.05) is 36.8 Å². The van der Waals surface area contributed by atoms with Gasteiger partial charge in [0.15, 0.2) is 0 Å². The Bertz CT molecular complexity index is 504. The molecule has 4 N–H and O–H groups in total. The molecule has 2 rings (SSSR count). The van der Waals surface area contributed by atoms with Crippen LogP contribution >= 0.6 is 0 Å². The number of rotatable bonds is 7. The minimum absolute atomic E-state index is 0.0124. The van der Waals surface area contributed by atoms with Gasteiger partial charge >= 0.3 is 0 Å². The van der Waals surface area contributed by atoms with Crippen molar-refractivity contribution in [2.24, 2.45) is 23.3 Å². The van der Waals surface area contributed by atoms with E-state index in [-0.39, 0.29) is 30.1 Å². The van der Waals surface area contributed by atoms with Crippen molar-refractivity contribution in [1.29, 1.82) is 0 Å². The number of hydrogen-bond donors (Lipinski definition) is 2. The zero-order valence-electron chi connectivity index (χ0n) is 12.9. The monoisotopic (exact) mass is 303 g/mol. The quantitative estimate of drug-likeness (QED) is 0.795. The average Bonchev–Trinajstić information content (AvgIpc) is 3.00. The minimum Gasteiger partial charge on any atom is -0.370 e. The predicted molar refractivity (Wildman–Crippen MR) is 85.6 cm³/mol. The lowest BCUT2D eigenvalue weighted by atomic mass is 9.94. The standard InChI is InChI=1S/C17H25N3O2/c18-11-14-7-4-8-15(14)17(22)20(10-9-16(19)21)12-13-5-2-1-3-6-13/h1-3,5-6,14-15H,4,7-12,18H2,(H2,19,21)/t14-,15-/m1/s1. The van der Waals surface area contributed by atoms with Crippen LogP contribution in [0, 0.1) is 11.8 Å². The second-order valence-corrected chi connectivity index (χ2v) is 5.99. The highest BCUT2D eigenvalue weighted by atomic mass is 16.2. The molecule has 1 aliphatic carbocycles. The van der Waals surface area contributed by atoms with E-state index in [1.807, 2.05) is 30.3 Å². The normalized spacial score (nSPS) is 20.8. The lowest BCUT2D eigenvalue weighted by molar-refractivity contribution is -0.137. The molecule has 0 saturated heterocycles. The van der Waals surface area contributed by atoms with Gasteiger partial charge in [-0.15, -0.1) is 0 Å². The van der Waals surface area contributed by atoms with E-state index in [9.17, 15) is 9.59 Å². The molecule has 2 atom stereocenters. The van der Waals surface area contributed by atoms with Gasteiger partial charge < -0.3 is 16.4 Å². The van der Waals surface area contributed by atoms with E-state index < -0.39 is 0 Å². The maximum Gasteiger partial charge on any atom is 0.226 e. The van der Waals surface area contributed by atoms with Crippen LogP contribution in [0.15, 0.2) is 30.3 Å². The van der Waals surface area contributed by atoms with Crippen molar-refractivity contribution in [3.8, 4) is 0 Å². The van der Waals surface area contributed by atoms with Crippen molar-refractivity contribution < 1.29 is 9.59 Å². The van der Waals surface area contributed by atoms with Crippen LogP contribution in [-0.4, -0.2) is 29.8 Å². The molecule has 1 aromatic carbocycles. The van der Waals surface area contributed by atoms with Crippen molar-refractivity contribution in [2.45, 2.75) is 32.2 Å². The Morgan fingerprint density at radius 1 is 1.18 bits per heavy atom. The molecular weight excluding hydrogens is 278 g/mol. The molecule has 2 amide bonds. The molecule has 0 bridgehead atoms. The van der Waals surface area contributed by atoms with E-state index >= 15 is 0 Å². The van der Waals surface area contributed by atoms with Crippen LogP contribution in [0.2, 0.25) is 0 Å². The molecule has 1 fully saturated rings. The lowest BCUT2D eigenvalue weighted by Crippen LogP contribution is -2.40. The fraction of sp³-hybridized carbons (Fsp3) is 0.529. The minimum atomic E-state index is -0.382. The Labute approximate surface area is 131 Å². The summed E-state index contributed by atoms with van der Waals surface area (Å²) in [5.41, 5.74) is 12.1. The Hall–Kier alpha value is -1.88. The number of carbonyl (C=O) groups is 2. The highest BCUT2D eigenvalue weighted by molar-refractivity contribution is 5.80. The molecule has 1 aliphatic rings. The number of nitrogens with two attached hydrogens (primary N) is 2. The molecule has 5 nitrogen and oxygen atoms in total.